The van der Waals surface area contributed by atoms with Crippen molar-refractivity contribution >= 4 is 22.3 Å². The zero-order valence-corrected chi connectivity index (χ0v) is 12.3. The number of rotatable bonds is 7. The molecule has 21 heavy (non-hydrogen) atoms. The third-order valence-corrected chi connectivity index (χ3v) is 3.25. The van der Waals surface area contributed by atoms with Crippen molar-refractivity contribution in [2.75, 3.05) is 50.7 Å². The molecular formula is C15H20FN3O2. The van der Waals surface area contributed by atoms with Gasteiger partial charge in [0, 0.05) is 38.0 Å². The second kappa shape index (κ2) is 7.19. The molecule has 0 spiro atoms. The van der Waals surface area contributed by atoms with E-state index in [0.29, 0.717) is 30.9 Å². The molecule has 0 bridgehead atoms. The van der Waals surface area contributed by atoms with E-state index in [1.165, 1.54) is 12.1 Å². The molecule has 0 aliphatic carbocycles. The first-order valence-electron chi connectivity index (χ1n) is 6.80. The molecule has 0 unspecified atom stereocenters. The van der Waals surface area contributed by atoms with Crippen molar-refractivity contribution in [1.82, 2.24) is 4.98 Å². The zero-order valence-electron chi connectivity index (χ0n) is 12.3. The van der Waals surface area contributed by atoms with Crippen LogP contribution in [0.25, 0.3) is 10.8 Å². The largest absolute Gasteiger partial charge is 0.395 e. The van der Waals surface area contributed by atoms with Crippen LogP contribution in [0.4, 0.5) is 15.9 Å². The van der Waals surface area contributed by atoms with Gasteiger partial charge in [-0.3, -0.25) is 0 Å². The summed E-state index contributed by atoms with van der Waals surface area (Å²) in [5.41, 5.74) is 0.836. The summed E-state index contributed by atoms with van der Waals surface area (Å²) in [6, 6.07) is 4.63. The molecular weight excluding hydrogens is 273 g/mol. The first-order chi connectivity index (χ1) is 10.2. The van der Waals surface area contributed by atoms with Crippen molar-refractivity contribution in [2.45, 2.75) is 0 Å². The van der Waals surface area contributed by atoms with Gasteiger partial charge in [-0.15, -0.1) is 0 Å². The Balaban J connectivity index is 2.43. The number of hydrogen-bond donors (Lipinski definition) is 2. The fourth-order valence-electron chi connectivity index (χ4n) is 2.19. The van der Waals surface area contributed by atoms with Crippen molar-refractivity contribution < 1.29 is 14.2 Å². The number of aromatic nitrogens is 1. The van der Waals surface area contributed by atoms with Crippen LogP contribution in [0.3, 0.4) is 0 Å². The van der Waals surface area contributed by atoms with Crippen LogP contribution in [0.5, 0.6) is 0 Å². The summed E-state index contributed by atoms with van der Waals surface area (Å²) < 4.78 is 18.6. The molecule has 6 heteroatoms. The van der Waals surface area contributed by atoms with Gasteiger partial charge in [0.1, 0.15) is 11.6 Å². The van der Waals surface area contributed by atoms with E-state index in [1.54, 1.807) is 24.3 Å². The molecule has 0 saturated heterocycles. The van der Waals surface area contributed by atoms with Gasteiger partial charge in [0.05, 0.1) is 25.1 Å². The molecule has 114 valence electrons. The van der Waals surface area contributed by atoms with E-state index in [9.17, 15) is 4.39 Å². The predicted molar refractivity (Wildman–Crippen MR) is 82.4 cm³/mol. The summed E-state index contributed by atoms with van der Waals surface area (Å²) in [4.78, 5) is 6.20. The Morgan fingerprint density at radius 3 is 2.90 bits per heavy atom. The Labute approximate surface area is 123 Å². The van der Waals surface area contributed by atoms with Crippen LogP contribution >= 0.6 is 0 Å². The lowest BCUT2D eigenvalue weighted by Gasteiger charge is -2.20. The van der Waals surface area contributed by atoms with Gasteiger partial charge in [0.25, 0.3) is 0 Å². The van der Waals surface area contributed by atoms with Crippen LogP contribution in [-0.2, 0) is 4.74 Å². The highest BCUT2D eigenvalue weighted by Crippen LogP contribution is 2.30. The SMILES string of the molecule is COCCNc1cnc(N(C)CCO)c2cc(F)ccc12. The van der Waals surface area contributed by atoms with E-state index in [0.717, 1.165) is 11.1 Å². The average Bonchev–Trinajstić information content (AvgIpc) is 2.47. The fourth-order valence-corrected chi connectivity index (χ4v) is 2.19. The predicted octanol–water partition coefficient (Wildman–Crippen LogP) is 1.86. The second-order valence-electron chi connectivity index (χ2n) is 4.75. The number of likely N-dealkylation sites (N-methyl/N-ethyl adjacent to an activating group) is 1. The Hall–Kier alpha value is -1.92. The highest BCUT2D eigenvalue weighted by molar-refractivity contribution is 6.00. The molecule has 1 heterocycles. The number of methoxy groups -OCH3 is 1. The van der Waals surface area contributed by atoms with E-state index in [2.05, 4.69) is 10.3 Å². The van der Waals surface area contributed by atoms with Gasteiger partial charge in [-0.1, -0.05) is 0 Å². The first kappa shape index (κ1) is 15.5. The van der Waals surface area contributed by atoms with E-state index < -0.39 is 0 Å². The topological polar surface area (TPSA) is 57.6 Å². The molecule has 5 nitrogen and oxygen atoms in total. The summed E-state index contributed by atoms with van der Waals surface area (Å²) in [6.07, 6.45) is 1.72. The molecule has 0 radical (unpaired) electrons. The van der Waals surface area contributed by atoms with E-state index >= 15 is 0 Å². The van der Waals surface area contributed by atoms with Crippen LogP contribution in [0.2, 0.25) is 0 Å². The minimum Gasteiger partial charge on any atom is -0.395 e. The maximum Gasteiger partial charge on any atom is 0.136 e. The van der Waals surface area contributed by atoms with Crippen LogP contribution in [0.15, 0.2) is 24.4 Å². The molecule has 0 saturated carbocycles. The summed E-state index contributed by atoms with van der Waals surface area (Å²) >= 11 is 0. The summed E-state index contributed by atoms with van der Waals surface area (Å²) in [6.45, 7) is 1.68. The smallest absolute Gasteiger partial charge is 0.136 e. The van der Waals surface area contributed by atoms with Crippen molar-refractivity contribution in [1.29, 1.82) is 0 Å². The zero-order chi connectivity index (χ0) is 15.2. The van der Waals surface area contributed by atoms with Crippen molar-refractivity contribution in [3.05, 3.63) is 30.2 Å². The second-order valence-corrected chi connectivity index (χ2v) is 4.75. The molecule has 0 fully saturated rings. The number of hydrogen-bond acceptors (Lipinski definition) is 5. The minimum atomic E-state index is -0.308. The van der Waals surface area contributed by atoms with Gasteiger partial charge in [0.15, 0.2) is 0 Å². The van der Waals surface area contributed by atoms with Crippen molar-refractivity contribution in [2.24, 2.45) is 0 Å². The monoisotopic (exact) mass is 293 g/mol. The van der Waals surface area contributed by atoms with E-state index in [4.69, 9.17) is 9.84 Å². The molecule has 2 rings (SSSR count). The Morgan fingerprint density at radius 1 is 1.38 bits per heavy atom. The third-order valence-electron chi connectivity index (χ3n) is 3.25. The number of aliphatic hydroxyl groups is 1. The number of fused-ring (bicyclic) bond motifs is 1. The summed E-state index contributed by atoms with van der Waals surface area (Å²) in [5, 5.41) is 13.9. The number of ether oxygens (including phenoxy) is 1. The van der Waals surface area contributed by atoms with E-state index in [1.807, 2.05) is 7.05 Å². The van der Waals surface area contributed by atoms with Crippen LogP contribution in [0.1, 0.15) is 0 Å². The maximum absolute atomic E-state index is 13.6. The molecule has 2 aromatic rings. The molecule has 1 aromatic carbocycles. The number of nitrogens with one attached hydrogen (secondary N) is 1. The standard InChI is InChI=1S/C15H20FN3O2/c1-19(6-7-20)15-13-9-11(16)3-4-12(13)14(10-18-15)17-5-8-21-2/h3-4,9-10,17,20H,5-8H2,1-2H3. The van der Waals surface area contributed by atoms with Crippen LogP contribution < -0.4 is 10.2 Å². The molecule has 1 aromatic heterocycles. The van der Waals surface area contributed by atoms with Gasteiger partial charge in [0.2, 0.25) is 0 Å². The first-order valence-corrected chi connectivity index (χ1v) is 6.80. The number of pyridine rings is 1. The number of nitrogens with zero attached hydrogens (tertiary/aromatic N) is 2. The number of anilines is 2. The van der Waals surface area contributed by atoms with Gasteiger partial charge in [-0.2, -0.15) is 0 Å². The molecule has 0 aliphatic rings. The molecule has 0 atom stereocenters. The number of halogens is 1. The average molecular weight is 293 g/mol. The minimum absolute atomic E-state index is 0.0167. The Bertz CT molecular complexity index is 607. The fraction of sp³-hybridized carbons (Fsp3) is 0.400. The molecule has 0 amide bonds. The summed E-state index contributed by atoms with van der Waals surface area (Å²) in [5.74, 6) is 0.341. The lowest BCUT2D eigenvalue weighted by atomic mass is 10.1. The van der Waals surface area contributed by atoms with Crippen LogP contribution in [-0.4, -0.2) is 50.6 Å². The highest BCUT2D eigenvalue weighted by atomic mass is 19.1. The quantitative estimate of drug-likeness (QED) is 0.763. The molecule has 2 N–H and O–H groups in total. The Kier molecular flexibility index (Phi) is 5.30. The van der Waals surface area contributed by atoms with Crippen molar-refractivity contribution in [3.8, 4) is 0 Å². The van der Waals surface area contributed by atoms with Gasteiger partial charge < -0.3 is 20.1 Å². The van der Waals surface area contributed by atoms with Crippen molar-refractivity contribution in [3.63, 3.8) is 0 Å². The van der Waals surface area contributed by atoms with Gasteiger partial charge in [-0.25, -0.2) is 9.37 Å². The normalized spacial score (nSPS) is 10.9. The Morgan fingerprint density at radius 2 is 2.19 bits per heavy atom. The third kappa shape index (κ3) is 3.59. The number of benzene rings is 1. The highest BCUT2D eigenvalue weighted by Gasteiger charge is 2.11. The number of aliphatic hydroxyl groups excluding tert-OH is 1. The van der Waals surface area contributed by atoms with E-state index in [-0.39, 0.29) is 12.4 Å². The van der Waals surface area contributed by atoms with Crippen LogP contribution in [0, 0.1) is 5.82 Å². The van der Waals surface area contributed by atoms with Gasteiger partial charge in [-0.05, 0) is 18.2 Å². The summed E-state index contributed by atoms with van der Waals surface area (Å²) in [7, 11) is 3.46. The molecule has 0 aliphatic heterocycles. The maximum atomic E-state index is 13.6. The van der Waals surface area contributed by atoms with Gasteiger partial charge >= 0.3 is 0 Å². The lowest BCUT2D eigenvalue weighted by molar-refractivity contribution is 0.211. The lowest BCUT2D eigenvalue weighted by Crippen LogP contribution is -2.22.